The highest BCUT2D eigenvalue weighted by Crippen LogP contribution is 2.08. The third-order valence-electron chi connectivity index (χ3n) is 2.73. The Kier molecular flexibility index (Phi) is 6.21. The fourth-order valence-electron chi connectivity index (χ4n) is 1.79. The normalized spacial score (nSPS) is 16.7. The van der Waals surface area contributed by atoms with Gasteiger partial charge in [-0.2, -0.15) is 0 Å². The molecule has 6 heteroatoms. The average molecular weight is 259 g/mol. The van der Waals surface area contributed by atoms with Gasteiger partial charge >= 0.3 is 0 Å². The summed E-state index contributed by atoms with van der Waals surface area (Å²) in [5.41, 5.74) is 0. The van der Waals surface area contributed by atoms with Gasteiger partial charge in [0.05, 0.1) is 6.61 Å². The molecule has 1 aliphatic heterocycles. The number of thiocarbonyl (C=S) groups is 1. The van der Waals surface area contributed by atoms with E-state index < -0.39 is 0 Å². The van der Waals surface area contributed by atoms with E-state index in [-0.39, 0.29) is 11.9 Å². The van der Waals surface area contributed by atoms with Crippen molar-refractivity contribution < 1.29 is 9.53 Å². The van der Waals surface area contributed by atoms with Gasteiger partial charge in [0.1, 0.15) is 6.04 Å². The van der Waals surface area contributed by atoms with E-state index in [2.05, 4.69) is 10.6 Å². The SMILES string of the molecule is COCCNC(=S)NC(C)C(=O)N1CCCC1. The summed E-state index contributed by atoms with van der Waals surface area (Å²) in [7, 11) is 1.64. The van der Waals surface area contributed by atoms with Crippen molar-refractivity contribution in [2.24, 2.45) is 0 Å². The zero-order valence-electron chi connectivity index (χ0n) is 10.5. The summed E-state index contributed by atoms with van der Waals surface area (Å²) in [5.74, 6) is 0.124. The lowest BCUT2D eigenvalue weighted by Gasteiger charge is -2.22. The molecular weight excluding hydrogens is 238 g/mol. The first-order valence-electron chi connectivity index (χ1n) is 5.97. The van der Waals surface area contributed by atoms with E-state index in [1.54, 1.807) is 7.11 Å². The van der Waals surface area contributed by atoms with Crippen LogP contribution < -0.4 is 10.6 Å². The van der Waals surface area contributed by atoms with Crippen molar-refractivity contribution in [3.05, 3.63) is 0 Å². The van der Waals surface area contributed by atoms with Gasteiger partial charge in [-0.05, 0) is 32.0 Å². The van der Waals surface area contributed by atoms with Crippen LogP contribution in [0.15, 0.2) is 0 Å². The molecule has 17 heavy (non-hydrogen) atoms. The molecule has 0 radical (unpaired) electrons. The first-order valence-corrected chi connectivity index (χ1v) is 6.38. The first-order chi connectivity index (χ1) is 8.15. The molecule has 1 unspecified atom stereocenters. The van der Waals surface area contributed by atoms with Gasteiger partial charge in [0, 0.05) is 26.7 Å². The van der Waals surface area contributed by atoms with E-state index in [1.807, 2.05) is 11.8 Å². The molecule has 1 atom stereocenters. The van der Waals surface area contributed by atoms with Crippen LogP contribution in [0.3, 0.4) is 0 Å². The second kappa shape index (κ2) is 7.45. The second-order valence-corrected chi connectivity index (χ2v) is 4.56. The fraction of sp³-hybridized carbons (Fsp3) is 0.818. The molecule has 1 heterocycles. The van der Waals surface area contributed by atoms with Crippen molar-refractivity contribution in [3.8, 4) is 0 Å². The number of ether oxygens (including phenoxy) is 1. The van der Waals surface area contributed by atoms with Gasteiger partial charge in [-0.15, -0.1) is 0 Å². The van der Waals surface area contributed by atoms with E-state index in [4.69, 9.17) is 17.0 Å². The molecule has 1 fully saturated rings. The van der Waals surface area contributed by atoms with Gasteiger partial charge in [0.25, 0.3) is 0 Å². The molecule has 0 aromatic heterocycles. The van der Waals surface area contributed by atoms with Gasteiger partial charge in [-0.3, -0.25) is 4.79 Å². The van der Waals surface area contributed by atoms with Crippen molar-refractivity contribution in [2.75, 3.05) is 33.4 Å². The number of nitrogens with one attached hydrogen (secondary N) is 2. The van der Waals surface area contributed by atoms with E-state index in [9.17, 15) is 4.79 Å². The number of carbonyl (C=O) groups is 1. The molecule has 98 valence electrons. The number of hydrogen-bond donors (Lipinski definition) is 2. The smallest absolute Gasteiger partial charge is 0.244 e. The van der Waals surface area contributed by atoms with Gasteiger partial charge in [0.15, 0.2) is 5.11 Å². The maximum absolute atomic E-state index is 12.0. The maximum atomic E-state index is 12.0. The van der Waals surface area contributed by atoms with Crippen LogP contribution in [0.4, 0.5) is 0 Å². The summed E-state index contributed by atoms with van der Waals surface area (Å²) >= 11 is 5.09. The molecule has 1 saturated heterocycles. The van der Waals surface area contributed by atoms with E-state index in [0.29, 0.717) is 18.3 Å². The Morgan fingerprint density at radius 3 is 2.71 bits per heavy atom. The van der Waals surface area contributed by atoms with Crippen molar-refractivity contribution in [2.45, 2.75) is 25.8 Å². The summed E-state index contributed by atoms with van der Waals surface area (Å²) in [6, 6.07) is -0.268. The number of hydrogen-bond acceptors (Lipinski definition) is 3. The predicted octanol–water partition coefficient (Wildman–Crippen LogP) is 0.108. The van der Waals surface area contributed by atoms with Crippen molar-refractivity contribution >= 4 is 23.2 Å². The topological polar surface area (TPSA) is 53.6 Å². The third-order valence-corrected chi connectivity index (χ3v) is 2.99. The van der Waals surface area contributed by atoms with Crippen LogP contribution in [-0.4, -0.2) is 55.3 Å². The maximum Gasteiger partial charge on any atom is 0.244 e. The highest BCUT2D eigenvalue weighted by atomic mass is 32.1. The number of carbonyl (C=O) groups excluding carboxylic acids is 1. The minimum absolute atomic E-state index is 0.124. The number of rotatable bonds is 5. The molecule has 0 aliphatic carbocycles. The molecule has 0 spiro atoms. The van der Waals surface area contributed by atoms with Crippen LogP contribution >= 0.6 is 12.2 Å². The number of methoxy groups -OCH3 is 1. The lowest BCUT2D eigenvalue weighted by atomic mass is 10.3. The fourth-order valence-corrected chi connectivity index (χ4v) is 2.07. The summed E-state index contributed by atoms with van der Waals surface area (Å²) in [6.45, 7) is 4.82. The number of likely N-dealkylation sites (tertiary alicyclic amines) is 1. The average Bonchev–Trinajstić information content (AvgIpc) is 2.81. The molecule has 1 aliphatic rings. The van der Waals surface area contributed by atoms with E-state index in [0.717, 1.165) is 25.9 Å². The number of nitrogens with zero attached hydrogens (tertiary/aromatic N) is 1. The molecule has 1 rings (SSSR count). The predicted molar refractivity (Wildman–Crippen MR) is 70.9 cm³/mol. The molecule has 0 saturated carbocycles. The first kappa shape index (κ1) is 14.2. The van der Waals surface area contributed by atoms with Crippen molar-refractivity contribution in [1.29, 1.82) is 0 Å². The molecule has 0 aromatic rings. The molecule has 5 nitrogen and oxygen atoms in total. The Balaban J connectivity index is 2.24. The van der Waals surface area contributed by atoms with Crippen LogP contribution in [0, 0.1) is 0 Å². The van der Waals surface area contributed by atoms with Crippen LogP contribution in [0.1, 0.15) is 19.8 Å². The lowest BCUT2D eigenvalue weighted by molar-refractivity contribution is -0.131. The Hall–Kier alpha value is -0.880. The highest BCUT2D eigenvalue weighted by molar-refractivity contribution is 7.80. The Morgan fingerprint density at radius 1 is 1.47 bits per heavy atom. The highest BCUT2D eigenvalue weighted by Gasteiger charge is 2.23. The largest absolute Gasteiger partial charge is 0.383 e. The van der Waals surface area contributed by atoms with Gasteiger partial charge < -0.3 is 20.3 Å². The van der Waals surface area contributed by atoms with Crippen molar-refractivity contribution in [3.63, 3.8) is 0 Å². The van der Waals surface area contributed by atoms with Crippen LogP contribution in [-0.2, 0) is 9.53 Å². The van der Waals surface area contributed by atoms with Gasteiger partial charge in [0.2, 0.25) is 5.91 Å². The summed E-state index contributed by atoms with van der Waals surface area (Å²) in [6.07, 6.45) is 2.21. The standard InChI is InChI=1S/C11H21N3O2S/c1-9(10(15)14-6-3-4-7-14)13-11(17)12-5-8-16-2/h9H,3-8H2,1-2H3,(H2,12,13,17). The molecular formula is C11H21N3O2S. The monoisotopic (exact) mass is 259 g/mol. The minimum Gasteiger partial charge on any atom is -0.383 e. The Morgan fingerprint density at radius 2 is 2.12 bits per heavy atom. The third kappa shape index (κ3) is 4.87. The zero-order chi connectivity index (χ0) is 12.7. The summed E-state index contributed by atoms with van der Waals surface area (Å²) in [5, 5.41) is 6.48. The Bertz CT molecular complexity index is 267. The second-order valence-electron chi connectivity index (χ2n) is 4.15. The zero-order valence-corrected chi connectivity index (χ0v) is 11.3. The van der Waals surface area contributed by atoms with E-state index in [1.165, 1.54) is 0 Å². The van der Waals surface area contributed by atoms with Gasteiger partial charge in [-0.1, -0.05) is 0 Å². The van der Waals surface area contributed by atoms with Crippen LogP contribution in [0.2, 0.25) is 0 Å². The molecule has 0 bridgehead atoms. The van der Waals surface area contributed by atoms with E-state index >= 15 is 0 Å². The summed E-state index contributed by atoms with van der Waals surface area (Å²) < 4.78 is 4.90. The number of amides is 1. The van der Waals surface area contributed by atoms with Crippen LogP contribution in [0.25, 0.3) is 0 Å². The Labute approximate surface area is 108 Å². The molecule has 2 N–H and O–H groups in total. The molecule has 0 aromatic carbocycles. The van der Waals surface area contributed by atoms with Crippen LogP contribution in [0.5, 0.6) is 0 Å². The molecule has 1 amide bonds. The summed E-state index contributed by atoms with van der Waals surface area (Å²) in [4.78, 5) is 13.8. The quantitative estimate of drug-likeness (QED) is 0.542. The lowest BCUT2D eigenvalue weighted by Crippen LogP contribution is -2.49. The van der Waals surface area contributed by atoms with Gasteiger partial charge in [-0.25, -0.2) is 0 Å². The van der Waals surface area contributed by atoms with Crippen molar-refractivity contribution in [1.82, 2.24) is 15.5 Å². The minimum atomic E-state index is -0.268.